The van der Waals surface area contributed by atoms with Gasteiger partial charge >= 0.3 is 6.18 Å². The van der Waals surface area contributed by atoms with Gasteiger partial charge < -0.3 is 5.32 Å². The number of nitrogens with one attached hydrogen (secondary N) is 1. The third-order valence-electron chi connectivity index (χ3n) is 1.73. The number of thiophene rings is 1. The first-order chi connectivity index (χ1) is 6.90. The Morgan fingerprint density at radius 1 is 1.53 bits per heavy atom. The fourth-order valence-electron chi connectivity index (χ4n) is 1.06. The molecule has 1 aromatic heterocycles. The summed E-state index contributed by atoms with van der Waals surface area (Å²) in [6.07, 6.45) is -4.27. The summed E-state index contributed by atoms with van der Waals surface area (Å²) in [7, 11) is 0. The van der Waals surface area contributed by atoms with Crippen LogP contribution in [0.3, 0.4) is 0 Å². The van der Waals surface area contributed by atoms with Gasteiger partial charge in [0.05, 0.1) is 18.0 Å². The average molecular weight is 237 g/mol. The second kappa shape index (κ2) is 4.76. The Morgan fingerprint density at radius 2 is 2.20 bits per heavy atom. The highest BCUT2D eigenvalue weighted by atomic mass is 32.1. The van der Waals surface area contributed by atoms with Crippen molar-refractivity contribution in [3.63, 3.8) is 0 Å². The number of carbonyl (C=O) groups excluding carboxylic acids is 1. The minimum atomic E-state index is -4.27. The Balaban J connectivity index is 2.41. The van der Waals surface area contributed by atoms with E-state index in [4.69, 9.17) is 0 Å². The zero-order chi connectivity index (χ0) is 11.5. The summed E-state index contributed by atoms with van der Waals surface area (Å²) in [6.45, 7) is 0.345. The molecule has 15 heavy (non-hydrogen) atoms. The van der Waals surface area contributed by atoms with Crippen LogP contribution in [0.15, 0.2) is 11.4 Å². The van der Waals surface area contributed by atoms with E-state index in [0.717, 1.165) is 5.56 Å². The van der Waals surface area contributed by atoms with Crippen LogP contribution in [0.25, 0.3) is 0 Å². The van der Waals surface area contributed by atoms with Crippen LogP contribution in [-0.2, 0) is 0 Å². The van der Waals surface area contributed by atoms with Crippen molar-refractivity contribution in [3.8, 4) is 0 Å². The third kappa shape index (κ3) is 4.01. The molecule has 84 valence electrons. The quantitative estimate of drug-likeness (QED) is 0.815. The van der Waals surface area contributed by atoms with Crippen molar-refractivity contribution in [2.24, 2.45) is 0 Å². The van der Waals surface area contributed by atoms with Crippen molar-refractivity contribution in [2.75, 3.05) is 13.1 Å². The molecule has 0 amide bonds. The molecule has 1 aromatic rings. The number of Topliss-reactive ketones (excluding diaryl/α,β-unsaturated/α-hetero) is 1. The first-order valence-corrected chi connectivity index (χ1v) is 5.13. The number of aryl methyl sites for hydroxylation is 1. The SMILES string of the molecule is Cc1ccsc1C(=O)CNCC(F)(F)F. The number of ketones is 1. The third-order valence-corrected chi connectivity index (χ3v) is 2.78. The Hall–Kier alpha value is -0.880. The summed E-state index contributed by atoms with van der Waals surface area (Å²) >= 11 is 1.24. The predicted octanol–water partition coefficient (Wildman–Crippen LogP) is 2.39. The zero-order valence-corrected chi connectivity index (χ0v) is 8.84. The molecule has 0 aliphatic heterocycles. The van der Waals surface area contributed by atoms with E-state index in [0.29, 0.717) is 4.88 Å². The predicted molar refractivity (Wildman–Crippen MR) is 52.3 cm³/mol. The summed E-state index contributed by atoms with van der Waals surface area (Å²) in [4.78, 5) is 11.9. The molecule has 2 nitrogen and oxygen atoms in total. The van der Waals surface area contributed by atoms with E-state index in [2.05, 4.69) is 5.32 Å². The first kappa shape index (κ1) is 12.2. The normalized spacial score (nSPS) is 11.7. The number of halogens is 3. The van der Waals surface area contributed by atoms with Crippen LogP contribution in [0.2, 0.25) is 0 Å². The molecule has 0 aliphatic rings. The Labute approximate surface area is 89.1 Å². The van der Waals surface area contributed by atoms with Gasteiger partial charge in [-0.1, -0.05) is 0 Å². The molecular formula is C9H10F3NOS. The largest absolute Gasteiger partial charge is 0.401 e. The molecule has 0 saturated carbocycles. The molecule has 0 radical (unpaired) electrons. The van der Waals surface area contributed by atoms with Crippen LogP contribution in [0, 0.1) is 6.92 Å². The molecule has 0 spiro atoms. The molecule has 0 aromatic carbocycles. The Kier molecular flexibility index (Phi) is 3.87. The van der Waals surface area contributed by atoms with Crippen molar-refractivity contribution in [3.05, 3.63) is 21.9 Å². The standard InChI is InChI=1S/C9H10F3NOS/c1-6-2-3-15-8(6)7(14)4-13-5-9(10,11)12/h2-3,13H,4-5H2,1H3. The lowest BCUT2D eigenvalue weighted by atomic mass is 10.2. The lowest BCUT2D eigenvalue weighted by Gasteiger charge is -2.06. The summed E-state index contributed by atoms with van der Waals surface area (Å²) in [6, 6.07) is 1.77. The van der Waals surface area contributed by atoms with E-state index in [1.54, 1.807) is 18.4 Å². The smallest absolute Gasteiger partial charge is 0.302 e. The Bertz CT molecular complexity index is 345. The van der Waals surface area contributed by atoms with Crippen LogP contribution in [0.5, 0.6) is 0 Å². The van der Waals surface area contributed by atoms with Crippen molar-refractivity contribution >= 4 is 17.1 Å². The highest BCUT2D eigenvalue weighted by Gasteiger charge is 2.26. The van der Waals surface area contributed by atoms with Gasteiger partial charge in [0.25, 0.3) is 0 Å². The van der Waals surface area contributed by atoms with Gasteiger partial charge in [0.15, 0.2) is 5.78 Å². The van der Waals surface area contributed by atoms with Crippen LogP contribution in [0.1, 0.15) is 15.2 Å². The maximum Gasteiger partial charge on any atom is 0.401 e. The molecular weight excluding hydrogens is 227 g/mol. The van der Waals surface area contributed by atoms with Crippen LogP contribution in [-0.4, -0.2) is 25.0 Å². The molecule has 1 heterocycles. The molecule has 1 N–H and O–H groups in total. The van der Waals surface area contributed by atoms with E-state index >= 15 is 0 Å². The van der Waals surface area contributed by atoms with Crippen molar-refractivity contribution in [2.45, 2.75) is 13.1 Å². The van der Waals surface area contributed by atoms with Crippen molar-refractivity contribution in [1.82, 2.24) is 5.32 Å². The molecule has 0 atom stereocenters. The maximum atomic E-state index is 11.8. The van der Waals surface area contributed by atoms with Gasteiger partial charge in [-0.15, -0.1) is 11.3 Å². The minimum Gasteiger partial charge on any atom is -0.302 e. The Morgan fingerprint density at radius 3 is 2.67 bits per heavy atom. The topological polar surface area (TPSA) is 29.1 Å². The maximum absolute atomic E-state index is 11.8. The van der Waals surface area contributed by atoms with Crippen molar-refractivity contribution < 1.29 is 18.0 Å². The van der Waals surface area contributed by atoms with Gasteiger partial charge in [0, 0.05) is 0 Å². The highest BCUT2D eigenvalue weighted by Crippen LogP contribution is 2.16. The second-order valence-corrected chi connectivity index (χ2v) is 3.99. The fourth-order valence-corrected chi connectivity index (χ4v) is 1.92. The molecule has 0 fully saturated rings. The van der Waals surface area contributed by atoms with Gasteiger partial charge in [-0.05, 0) is 23.9 Å². The van der Waals surface area contributed by atoms with E-state index in [1.807, 2.05) is 0 Å². The monoisotopic (exact) mass is 237 g/mol. The van der Waals surface area contributed by atoms with Gasteiger partial charge in [0.1, 0.15) is 0 Å². The summed E-state index contributed by atoms with van der Waals surface area (Å²) in [5, 5.41) is 3.82. The van der Waals surface area contributed by atoms with Gasteiger partial charge in [-0.25, -0.2) is 0 Å². The molecule has 0 bridgehead atoms. The highest BCUT2D eigenvalue weighted by molar-refractivity contribution is 7.12. The van der Waals surface area contributed by atoms with Crippen molar-refractivity contribution in [1.29, 1.82) is 0 Å². The molecule has 1 rings (SSSR count). The lowest BCUT2D eigenvalue weighted by molar-refractivity contribution is -0.124. The number of carbonyl (C=O) groups is 1. The van der Waals surface area contributed by atoms with Crippen LogP contribution >= 0.6 is 11.3 Å². The van der Waals surface area contributed by atoms with Gasteiger partial charge in [0.2, 0.25) is 0 Å². The molecule has 0 unspecified atom stereocenters. The zero-order valence-electron chi connectivity index (χ0n) is 8.02. The number of rotatable bonds is 4. The first-order valence-electron chi connectivity index (χ1n) is 4.25. The molecule has 6 heteroatoms. The van der Waals surface area contributed by atoms with Gasteiger partial charge in [-0.3, -0.25) is 4.79 Å². The average Bonchev–Trinajstić information content (AvgIpc) is 2.48. The number of hydrogen-bond donors (Lipinski definition) is 1. The van der Waals surface area contributed by atoms with E-state index in [9.17, 15) is 18.0 Å². The second-order valence-electron chi connectivity index (χ2n) is 3.07. The fraction of sp³-hybridized carbons (Fsp3) is 0.444. The molecule has 0 aliphatic carbocycles. The minimum absolute atomic E-state index is 0.277. The van der Waals surface area contributed by atoms with E-state index in [1.165, 1.54) is 11.3 Å². The lowest BCUT2D eigenvalue weighted by Crippen LogP contribution is -2.32. The summed E-state index contributed by atoms with van der Waals surface area (Å²) in [5.41, 5.74) is 0.804. The number of alkyl halides is 3. The van der Waals surface area contributed by atoms with E-state index in [-0.39, 0.29) is 12.3 Å². The van der Waals surface area contributed by atoms with Gasteiger partial charge in [-0.2, -0.15) is 13.2 Å². The summed E-state index contributed by atoms with van der Waals surface area (Å²) in [5.74, 6) is -0.299. The van der Waals surface area contributed by atoms with Crippen LogP contribution in [0.4, 0.5) is 13.2 Å². The number of hydrogen-bond acceptors (Lipinski definition) is 3. The van der Waals surface area contributed by atoms with E-state index < -0.39 is 12.7 Å². The summed E-state index contributed by atoms with van der Waals surface area (Å²) < 4.78 is 35.3. The van der Waals surface area contributed by atoms with Crippen LogP contribution < -0.4 is 5.32 Å². The molecule has 0 saturated heterocycles.